The highest BCUT2D eigenvalue weighted by atomic mass is 15.2. The lowest BCUT2D eigenvalue weighted by atomic mass is 10.1. The van der Waals surface area contributed by atoms with E-state index < -0.39 is 0 Å². The first-order valence-electron chi connectivity index (χ1n) is 6.93. The summed E-state index contributed by atoms with van der Waals surface area (Å²) >= 11 is 0. The Labute approximate surface area is 108 Å². The Bertz CT molecular complexity index is 515. The molecule has 1 fully saturated rings. The van der Waals surface area contributed by atoms with Crippen LogP contribution in [0.2, 0.25) is 0 Å². The predicted octanol–water partition coefficient (Wildman–Crippen LogP) is 2.75. The summed E-state index contributed by atoms with van der Waals surface area (Å²) < 4.78 is 0. The molecule has 0 radical (unpaired) electrons. The monoisotopic (exact) mass is 243 g/mol. The van der Waals surface area contributed by atoms with Crippen LogP contribution in [0.3, 0.4) is 0 Å². The lowest BCUT2D eigenvalue weighted by Crippen LogP contribution is -2.51. The summed E-state index contributed by atoms with van der Waals surface area (Å²) in [4.78, 5) is 5.95. The molecule has 1 aliphatic heterocycles. The van der Waals surface area contributed by atoms with Crippen molar-refractivity contribution in [1.82, 2.24) is 10.3 Å². The average molecular weight is 243 g/mol. The van der Waals surface area contributed by atoms with E-state index in [4.69, 9.17) is 0 Å². The van der Waals surface area contributed by atoms with E-state index >= 15 is 0 Å². The van der Waals surface area contributed by atoms with E-state index in [2.05, 4.69) is 52.6 Å². The molecule has 1 saturated heterocycles. The Morgan fingerprint density at radius 1 is 1.33 bits per heavy atom. The molecule has 3 heteroatoms. The standard InChI is InChI=1S/C15H21N3/c1-2-5-12-10-16-8-9-18(12)15-11-17-14-7-4-3-6-13(14)15/h3-4,6-7,11-12,16-17H,2,5,8-10H2,1H3. The topological polar surface area (TPSA) is 31.1 Å². The highest BCUT2D eigenvalue weighted by Gasteiger charge is 2.23. The van der Waals surface area contributed by atoms with Crippen LogP contribution in [0.15, 0.2) is 30.5 Å². The van der Waals surface area contributed by atoms with Crippen molar-refractivity contribution in [3.05, 3.63) is 30.5 Å². The molecule has 2 N–H and O–H groups in total. The molecule has 96 valence electrons. The fourth-order valence-corrected chi connectivity index (χ4v) is 2.96. The maximum absolute atomic E-state index is 3.51. The molecule has 1 unspecified atom stereocenters. The quantitative estimate of drug-likeness (QED) is 0.868. The van der Waals surface area contributed by atoms with Gasteiger partial charge in [-0.1, -0.05) is 31.5 Å². The van der Waals surface area contributed by atoms with Crippen molar-refractivity contribution in [2.45, 2.75) is 25.8 Å². The van der Waals surface area contributed by atoms with E-state index in [0.717, 1.165) is 19.6 Å². The normalized spacial score (nSPS) is 20.5. The molecule has 2 aromatic rings. The van der Waals surface area contributed by atoms with Crippen molar-refractivity contribution in [3.8, 4) is 0 Å². The number of hydrogen-bond acceptors (Lipinski definition) is 2. The van der Waals surface area contributed by atoms with Crippen LogP contribution in [-0.2, 0) is 0 Å². The van der Waals surface area contributed by atoms with E-state index in [1.54, 1.807) is 0 Å². The molecule has 0 aliphatic carbocycles. The molecular weight excluding hydrogens is 222 g/mol. The van der Waals surface area contributed by atoms with Crippen LogP contribution in [-0.4, -0.2) is 30.7 Å². The summed E-state index contributed by atoms with van der Waals surface area (Å²) in [5, 5.41) is 4.86. The molecule has 2 heterocycles. The Morgan fingerprint density at radius 2 is 2.22 bits per heavy atom. The number of hydrogen-bond donors (Lipinski definition) is 2. The summed E-state index contributed by atoms with van der Waals surface area (Å²) in [6.07, 6.45) is 4.66. The Morgan fingerprint density at radius 3 is 3.11 bits per heavy atom. The zero-order valence-electron chi connectivity index (χ0n) is 10.9. The average Bonchev–Trinajstić information content (AvgIpc) is 2.84. The van der Waals surface area contributed by atoms with Gasteiger partial charge in [-0.15, -0.1) is 0 Å². The zero-order valence-corrected chi connectivity index (χ0v) is 10.9. The number of benzene rings is 1. The number of fused-ring (bicyclic) bond motifs is 1. The second-order valence-electron chi connectivity index (χ2n) is 5.06. The SMILES string of the molecule is CCCC1CNCCN1c1c[nH]c2ccccc12. The van der Waals surface area contributed by atoms with Crippen molar-refractivity contribution < 1.29 is 0 Å². The van der Waals surface area contributed by atoms with Gasteiger partial charge in [-0.2, -0.15) is 0 Å². The zero-order chi connectivity index (χ0) is 12.4. The fraction of sp³-hybridized carbons (Fsp3) is 0.467. The molecule has 0 bridgehead atoms. The molecule has 3 nitrogen and oxygen atoms in total. The van der Waals surface area contributed by atoms with Crippen LogP contribution in [0.25, 0.3) is 10.9 Å². The molecule has 1 aromatic heterocycles. The number of aromatic nitrogens is 1. The maximum atomic E-state index is 3.51. The van der Waals surface area contributed by atoms with E-state index in [-0.39, 0.29) is 0 Å². The van der Waals surface area contributed by atoms with Crippen LogP contribution in [0.5, 0.6) is 0 Å². The molecule has 1 aliphatic rings. The van der Waals surface area contributed by atoms with Crippen molar-refractivity contribution in [2.75, 3.05) is 24.5 Å². The smallest absolute Gasteiger partial charge is 0.0627 e. The molecule has 3 rings (SSSR count). The van der Waals surface area contributed by atoms with E-state index in [9.17, 15) is 0 Å². The first-order chi connectivity index (χ1) is 8.90. The van der Waals surface area contributed by atoms with Crippen molar-refractivity contribution in [1.29, 1.82) is 0 Å². The van der Waals surface area contributed by atoms with Crippen molar-refractivity contribution >= 4 is 16.6 Å². The summed E-state index contributed by atoms with van der Waals surface area (Å²) in [6, 6.07) is 9.20. The largest absolute Gasteiger partial charge is 0.364 e. The highest BCUT2D eigenvalue weighted by Crippen LogP contribution is 2.29. The summed E-state index contributed by atoms with van der Waals surface area (Å²) in [7, 11) is 0. The number of aromatic amines is 1. The third kappa shape index (κ3) is 1.99. The van der Waals surface area contributed by atoms with E-state index in [1.165, 1.54) is 29.4 Å². The molecule has 18 heavy (non-hydrogen) atoms. The minimum absolute atomic E-state index is 0.628. The van der Waals surface area contributed by atoms with Gasteiger partial charge in [-0.3, -0.25) is 0 Å². The summed E-state index contributed by atoms with van der Waals surface area (Å²) in [6.45, 7) is 5.56. The molecule has 1 aromatic carbocycles. The van der Waals surface area contributed by atoms with Crippen LogP contribution in [0.4, 0.5) is 5.69 Å². The Hall–Kier alpha value is -1.48. The highest BCUT2D eigenvalue weighted by molar-refractivity contribution is 5.93. The lowest BCUT2D eigenvalue weighted by Gasteiger charge is -2.37. The van der Waals surface area contributed by atoms with Gasteiger partial charge in [0.25, 0.3) is 0 Å². The van der Waals surface area contributed by atoms with Gasteiger partial charge in [0.05, 0.1) is 5.69 Å². The molecule has 0 amide bonds. The third-order valence-electron chi connectivity index (χ3n) is 3.85. The number of nitrogens with zero attached hydrogens (tertiary/aromatic N) is 1. The maximum Gasteiger partial charge on any atom is 0.0627 e. The lowest BCUT2D eigenvalue weighted by molar-refractivity contribution is 0.451. The fourth-order valence-electron chi connectivity index (χ4n) is 2.96. The molecule has 0 spiro atoms. The van der Waals surface area contributed by atoms with Gasteiger partial charge >= 0.3 is 0 Å². The third-order valence-corrected chi connectivity index (χ3v) is 3.85. The minimum Gasteiger partial charge on any atom is -0.364 e. The number of nitrogens with one attached hydrogen (secondary N) is 2. The van der Waals surface area contributed by atoms with Gasteiger partial charge in [0.15, 0.2) is 0 Å². The number of H-pyrrole nitrogens is 1. The molecular formula is C15H21N3. The number of para-hydroxylation sites is 1. The second kappa shape index (κ2) is 5.02. The predicted molar refractivity (Wildman–Crippen MR) is 77.2 cm³/mol. The second-order valence-corrected chi connectivity index (χ2v) is 5.06. The first-order valence-corrected chi connectivity index (χ1v) is 6.93. The van der Waals surface area contributed by atoms with Crippen LogP contribution < -0.4 is 10.2 Å². The number of rotatable bonds is 3. The van der Waals surface area contributed by atoms with Crippen LogP contribution in [0, 0.1) is 0 Å². The van der Waals surface area contributed by atoms with Gasteiger partial charge in [0.1, 0.15) is 0 Å². The molecule has 0 saturated carbocycles. The van der Waals surface area contributed by atoms with Gasteiger partial charge < -0.3 is 15.2 Å². The van der Waals surface area contributed by atoms with Crippen LogP contribution >= 0.6 is 0 Å². The number of anilines is 1. The van der Waals surface area contributed by atoms with Crippen molar-refractivity contribution in [3.63, 3.8) is 0 Å². The van der Waals surface area contributed by atoms with E-state index in [0.29, 0.717) is 6.04 Å². The van der Waals surface area contributed by atoms with Crippen LogP contribution in [0.1, 0.15) is 19.8 Å². The van der Waals surface area contributed by atoms with Crippen molar-refractivity contribution in [2.24, 2.45) is 0 Å². The van der Waals surface area contributed by atoms with Gasteiger partial charge in [0.2, 0.25) is 0 Å². The Balaban J connectivity index is 1.96. The van der Waals surface area contributed by atoms with Gasteiger partial charge in [-0.25, -0.2) is 0 Å². The van der Waals surface area contributed by atoms with Gasteiger partial charge in [-0.05, 0) is 12.5 Å². The number of piperazine rings is 1. The summed E-state index contributed by atoms with van der Waals surface area (Å²) in [5.41, 5.74) is 2.60. The summed E-state index contributed by atoms with van der Waals surface area (Å²) in [5.74, 6) is 0. The first kappa shape index (κ1) is 11.6. The minimum atomic E-state index is 0.628. The Kier molecular flexibility index (Phi) is 3.24. The van der Waals surface area contributed by atoms with E-state index in [1.807, 2.05) is 0 Å². The van der Waals surface area contributed by atoms with Gasteiger partial charge in [0, 0.05) is 42.8 Å². The molecule has 1 atom stereocenters.